The minimum absolute atomic E-state index is 0.276. The van der Waals surface area contributed by atoms with Crippen molar-refractivity contribution in [1.82, 2.24) is 24.8 Å². The Hall–Kier alpha value is -2.14. The van der Waals surface area contributed by atoms with E-state index in [-0.39, 0.29) is 5.69 Å². The van der Waals surface area contributed by atoms with E-state index in [4.69, 9.17) is 11.1 Å². The highest BCUT2D eigenvalue weighted by Gasteiger charge is 2.10. The van der Waals surface area contributed by atoms with Crippen molar-refractivity contribution in [2.75, 3.05) is 5.84 Å². The Morgan fingerprint density at radius 1 is 1.41 bits per heavy atom. The summed E-state index contributed by atoms with van der Waals surface area (Å²) in [6.45, 7) is 1.95. The number of nitrogens with two attached hydrogens (primary N) is 1. The summed E-state index contributed by atoms with van der Waals surface area (Å²) in [6.07, 6.45) is 3.62. The summed E-state index contributed by atoms with van der Waals surface area (Å²) < 4.78 is 1.42. The highest BCUT2D eigenvalue weighted by molar-refractivity contribution is 7.99. The van der Waals surface area contributed by atoms with Crippen LogP contribution in [0.3, 0.4) is 0 Å². The SMILES string of the molecule is CCc1nnc(Sc2cnc(C#N)cn2)n1N. The number of hydrogen-bond acceptors (Lipinski definition) is 7. The van der Waals surface area contributed by atoms with Crippen LogP contribution in [0.15, 0.2) is 22.6 Å². The fourth-order valence-corrected chi connectivity index (χ4v) is 1.82. The van der Waals surface area contributed by atoms with E-state index in [1.165, 1.54) is 28.8 Å². The van der Waals surface area contributed by atoms with Crippen LogP contribution >= 0.6 is 11.8 Å². The summed E-state index contributed by atoms with van der Waals surface area (Å²) in [7, 11) is 0. The molecule has 2 heterocycles. The van der Waals surface area contributed by atoms with Crippen LogP contribution in [0.4, 0.5) is 0 Å². The molecule has 0 spiro atoms. The number of nitrogens with zero attached hydrogens (tertiary/aromatic N) is 6. The molecule has 2 N–H and O–H groups in total. The van der Waals surface area contributed by atoms with Crippen LogP contribution < -0.4 is 5.84 Å². The van der Waals surface area contributed by atoms with Crippen molar-refractivity contribution in [2.24, 2.45) is 0 Å². The maximum absolute atomic E-state index is 8.59. The monoisotopic (exact) mass is 247 g/mol. The first kappa shape index (κ1) is 11.3. The quantitative estimate of drug-likeness (QED) is 0.780. The van der Waals surface area contributed by atoms with Crippen molar-refractivity contribution in [3.8, 4) is 6.07 Å². The topological polar surface area (TPSA) is 106 Å². The summed E-state index contributed by atoms with van der Waals surface area (Å²) in [5.41, 5.74) is 0.276. The highest BCUT2D eigenvalue weighted by atomic mass is 32.2. The Morgan fingerprint density at radius 3 is 2.76 bits per heavy atom. The molecular formula is C9H9N7S. The third-order valence-electron chi connectivity index (χ3n) is 1.99. The lowest BCUT2D eigenvalue weighted by Crippen LogP contribution is -2.13. The average molecular weight is 247 g/mol. The molecule has 7 nitrogen and oxygen atoms in total. The third-order valence-corrected chi connectivity index (χ3v) is 2.87. The fourth-order valence-electron chi connectivity index (χ4n) is 1.14. The molecule has 17 heavy (non-hydrogen) atoms. The Morgan fingerprint density at radius 2 is 2.24 bits per heavy atom. The van der Waals surface area contributed by atoms with Gasteiger partial charge in [0.2, 0.25) is 5.16 Å². The molecule has 0 aliphatic carbocycles. The first-order valence-electron chi connectivity index (χ1n) is 4.84. The summed E-state index contributed by atoms with van der Waals surface area (Å²) >= 11 is 1.25. The number of hydrogen-bond donors (Lipinski definition) is 1. The molecule has 0 unspecified atom stereocenters. The van der Waals surface area contributed by atoms with Crippen LogP contribution in [0.25, 0.3) is 0 Å². The molecule has 0 saturated heterocycles. The van der Waals surface area contributed by atoms with Crippen LogP contribution in [0.2, 0.25) is 0 Å². The van der Waals surface area contributed by atoms with Gasteiger partial charge < -0.3 is 5.84 Å². The van der Waals surface area contributed by atoms with Crippen molar-refractivity contribution >= 4 is 11.8 Å². The van der Waals surface area contributed by atoms with Gasteiger partial charge in [-0.3, -0.25) is 0 Å². The zero-order chi connectivity index (χ0) is 12.3. The number of aryl methyl sites for hydroxylation is 1. The number of nitriles is 1. The molecule has 0 bridgehead atoms. The van der Waals surface area contributed by atoms with Crippen molar-refractivity contribution in [1.29, 1.82) is 5.26 Å². The van der Waals surface area contributed by atoms with Crippen LogP contribution in [0.1, 0.15) is 18.4 Å². The molecular weight excluding hydrogens is 238 g/mol. The molecule has 0 aliphatic rings. The van der Waals surface area contributed by atoms with Gasteiger partial charge in [-0.2, -0.15) is 5.26 Å². The minimum Gasteiger partial charge on any atom is -0.336 e. The molecule has 0 aromatic carbocycles. The Bertz CT molecular complexity index is 554. The molecule has 8 heteroatoms. The summed E-state index contributed by atoms with van der Waals surface area (Å²) in [4.78, 5) is 7.97. The lowest BCUT2D eigenvalue weighted by Gasteiger charge is -2.00. The largest absolute Gasteiger partial charge is 0.336 e. The zero-order valence-corrected chi connectivity index (χ0v) is 9.85. The van der Waals surface area contributed by atoms with Gasteiger partial charge in [-0.25, -0.2) is 14.6 Å². The van der Waals surface area contributed by atoms with E-state index in [1.807, 2.05) is 13.0 Å². The van der Waals surface area contributed by atoms with Gasteiger partial charge in [-0.1, -0.05) is 6.92 Å². The molecule has 86 valence electrons. The van der Waals surface area contributed by atoms with E-state index in [9.17, 15) is 0 Å². The fraction of sp³-hybridized carbons (Fsp3) is 0.222. The Kier molecular flexibility index (Phi) is 3.20. The van der Waals surface area contributed by atoms with Gasteiger partial charge >= 0.3 is 0 Å². The van der Waals surface area contributed by atoms with Crippen LogP contribution in [0.5, 0.6) is 0 Å². The van der Waals surface area contributed by atoms with Gasteiger partial charge in [-0.15, -0.1) is 10.2 Å². The molecule has 2 rings (SSSR count). The second-order valence-electron chi connectivity index (χ2n) is 3.08. The van der Waals surface area contributed by atoms with E-state index in [0.717, 1.165) is 0 Å². The number of rotatable bonds is 3. The average Bonchev–Trinajstić information content (AvgIpc) is 2.71. The van der Waals surface area contributed by atoms with Crippen molar-refractivity contribution < 1.29 is 0 Å². The van der Waals surface area contributed by atoms with E-state index >= 15 is 0 Å². The zero-order valence-electron chi connectivity index (χ0n) is 9.03. The van der Waals surface area contributed by atoms with Crippen LogP contribution in [-0.2, 0) is 6.42 Å². The summed E-state index contributed by atoms with van der Waals surface area (Å²) in [5.74, 6) is 6.49. The lowest BCUT2D eigenvalue weighted by molar-refractivity contribution is 0.794. The smallest absolute Gasteiger partial charge is 0.216 e. The van der Waals surface area contributed by atoms with E-state index < -0.39 is 0 Å². The maximum atomic E-state index is 8.59. The van der Waals surface area contributed by atoms with Gasteiger partial charge in [0, 0.05) is 6.42 Å². The number of nitrogen functional groups attached to an aromatic ring is 1. The molecule has 2 aromatic rings. The predicted octanol–water partition coefficient (Wildman–Crippen LogP) is 0.367. The molecule has 0 aliphatic heterocycles. The van der Waals surface area contributed by atoms with Crippen molar-refractivity contribution in [3.05, 3.63) is 23.9 Å². The van der Waals surface area contributed by atoms with Gasteiger partial charge in [0.15, 0.2) is 11.5 Å². The van der Waals surface area contributed by atoms with Crippen LogP contribution in [0, 0.1) is 11.3 Å². The molecule has 0 amide bonds. The molecule has 0 fully saturated rings. The van der Waals surface area contributed by atoms with Crippen molar-refractivity contribution in [3.63, 3.8) is 0 Å². The van der Waals surface area contributed by atoms with Gasteiger partial charge in [0.1, 0.15) is 11.1 Å². The predicted molar refractivity (Wildman–Crippen MR) is 60.4 cm³/mol. The summed E-state index contributed by atoms with van der Waals surface area (Å²) in [6, 6.07) is 1.90. The van der Waals surface area contributed by atoms with Gasteiger partial charge in [0.25, 0.3) is 0 Å². The molecule has 0 saturated carbocycles. The van der Waals surface area contributed by atoms with Crippen molar-refractivity contribution in [2.45, 2.75) is 23.5 Å². The normalized spacial score (nSPS) is 10.1. The van der Waals surface area contributed by atoms with E-state index in [1.54, 1.807) is 0 Å². The third kappa shape index (κ3) is 2.34. The lowest BCUT2D eigenvalue weighted by atomic mass is 10.5. The Balaban J connectivity index is 2.20. The van der Waals surface area contributed by atoms with E-state index in [2.05, 4.69) is 20.2 Å². The molecule has 2 aromatic heterocycles. The minimum atomic E-state index is 0.276. The van der Waals surface area contributed by atoms with Crippen LogP contribution in [-0.4, -0.2) is 24.8 Å². The Labute approximate surface area is 102 Å². The first-order chi connectivity index (χ1) is 8.24. The second-order valence-corrected chi connectivity index (χ2v) is 4.06. The molecule has 0 radical (unpaired) electrons. The second kappa shape index (κ2) is 4.80. The maximum Gasteiger partial charge on any atom is 0.216 e. The number of aromatic nitrogens is 5. The van der Waals surface area contributed by atoms with Gasteiger partial charge in [-0.05, 0) is 11.8 Å². The van der Waals surface area contributed by atoms with Gasteiger partial charge in [0.05, 0.1) is 12.4 Å². The highest BCUT2D eigenvalue weighted by Crippen LogP contribution is 2.22. The summed E-state index contributed by atoms with van der Waals surface area (Å²) in [5, 5.41) is 17.6. The van der Waals surface area contributed by atoms with E-state index in [0.29, 0.717) is 22.4 Å². The first-order valence-corrected chi connectivity index (χ1v) is 5.65. The standard InChI is InChI=1S/C9H9N7S/c1-2-7-14-15-9(16(7)11)17-8-5-12-6(3-10)4-13-8/h4-5H,2,11H2,1H3. The molecule has 0 atom stereocenters.